The summed E-state index contributed by atoms with van der Waals surface area (Å²) in [5.74, 6) is -2.33. The summed E-state index contributed by atoms with van der Waals surface area (Å²) in [5.41, 5.74) is 4.43. The molecule has 0 bridgehead atoms. The molecule has 0 amide bonds. The Kier molecular flexibility index (Phi) is 5.47. The molecule has 0 spiro atoms. The van der Waals surface area contributed by atoms with E-state index in [1.807, 2.05) is 30.0 Å². The minimum absolute atomic E-state index is 0.112. The number of nitrogens with one attached hydrogen (secondary N) is 1. The quantitative estimate of drug-likeness (QED) is 0.363. The first-order valence-electron chi connectivity index (χ1n) is 12.0. The maximum absolute atomic E-state index is 14.9. The van der Waals surface area contributed by atoms with Gasteiger partial charge >= 0.3 is 0 Å². The van der Waals surface area contributed by atoms with Crippen molar-refractivity contribution in [2.75, 3.05) is 25.0 Å². The normalized spacial score (nSPS) is 23.8. The van der Waals surface area contributed by atoms with Crippen LogP contribution in [0, 0.1) is 6.92 Å². The third-order valence-corrected chi connectivity index (χ3v) is 7.26. The van der Waals surface area contributed by atoms with Gasteiger partial charge in [0.15, 0.2) is 0 Å². The number of hydrogen-bond acceptors (Lipinski definition) is 5. The van der Waals surface area contributed by atoms with Gasteiger partial charge in [-0.15, -0.1) is 5.10 Å². The van der Waals surface area contributed by atoms with Gasteiger partial charge in [0.1, 0.15) is 6.17 Å². The molecule has 2 unspecified atom stereocenters. The van der Waals surface area contributed by atoms with Crippen LogP contribution in [0.25, 0.3) is 16.6 Å². The van der Waals surface area contributed by atoms with Crippen molar-refractivity contribution in [1.29, 1.82) is 0 Å². The number of rotatable bonds is 6. The van der Waals surface area contributed by atoms with E-state index in [0.29, 0.717) is 30.0 Å². The van der Waals surface area contributed by atoms with Crippen LogP contribution in [0.5, 0.6) is 0 Å². The van der Waals surface area contributed by atoms with Crippen LogP contribution < -0.4 is 5.32 Å². The highest BCUT2D eigenvalue weighted by Crippen LogP contribution is 2.42. The zero-order chi connectivity index (χ0) is 25.2. The fourth-order valence-electron chi connectivity index (χ4n) is 5.36. The van der Waals surface area contributed by atoms with Gasteiger partial charge in [0.25, 0.3) is 18.0 Å². The van der Waals surface area contributed by atoms with Gasteiger partial charge < -0.3 is 5.32 Å². The summed E-state index contributed by atoms with van der Waals surface area (Å²) in [7, 11) is 0. The summed E-state index contributed by atoms with van der Waals surface area (Å²) in [4.78, 5) is 6.36. The fourth-order valence-corrected chi connectivity index (χ4v) is 5.36. The molecular formula is C24H25F5N7+. The standard InChI is InChI=1S/C24H25F5N7/c1-13-22-16(14-2-3-19-20(8-14)36(32-19)12-21(26)27)4-7-35(22)33-23(30-13)31-18-5-6-34(11-17(18)25)15-9-24(28,29)10-15/h2-4,7-8,15,17-18,21H,5-6,9-12H2,1H3,(H,30,31,33)/q+1. The van der Waals surface area contributed by atoms with E-state index in [2.05, 4.69) is 20.5 Å². The predicted octanol–water partition coefficient (Wildman–Crippen LogP) is 5.33. The molecule has 2 fully saturated rings. The highest BCUT2D eigenvalue weighted by atomic mass is 19.3. The molecule has 12 heteroatoms. The smallest absolute Gasteiger partial charge is 0.298 e. The van der Waals surface area contributed by atoms with E-state index in [0.717, 1.165) is 16.6 Å². The molecule has 1 saturated carbocycles. The van der Waals surface area contributed by atoms with Gasteiger partial charge in [0.2, 0.25) is 18.2 Å². The second-order valence-electron chi connectivity index (χ2n) is 9.79. The number of alkyl halides is 5. The van der Waals surface area contributed by atoms with Crippen LogP contribution in [-0.2, 0) is 0 Å². The first-order chi connectivity index (χ1) is 17.2. The van der Waals surface area contributed by atoms with Crippen molar-refractivity contribution in [3.05, 3.63) is 36.2 Å². The van der Waals surface area contributed by atoms with Crippen molar-refractivity contribution >= 4 is 22.8 Å². The molecule has 6 rings (SSSR count). The minimum atomic E-state index is -2.62. The number of nitrogens with zero attached hydrogens (tertiary/aromatic N) is 6. The van der Waals surface area contributed by atoms with Crippen LogP contribution in [0.15, 0.2) is 35.6 Å². The molecule has 1 aliphatic carbocycles. The lowest BCUT2D eigenvalue weighted by molar-refractivity contribution is -0.536. The number of benzene rings is 1. The van der Waals surface area contributed by atoms with Crippen molar-refractivity contribution in [3.63, 3.8) is 0 Å². The van der Waals surface area contributed by atoms with Crippen LogP contribution in [0.1, 0.15) is 25.0 Å². The number of hydrogen-bond donors (Lipinski definition) is 1. The van der Waals surface area contributed by atoms with Crippen molar-refractivity contribution in [1.82, 2.24) is 19.5 Å². The fraction of sp³-hybridized carbons (Fsp3) is 0.500. The SMILES string of the molecule is Cc1nc(NC2CCN(C3CC(F)(F)C3)CC2F)nn2ccc(-c3ccc4c(c3)[N+](CC(F)F)=N4)c12. The average molecular weight is 507 g/mol. The van der Waals surface area contributed by atoms with Gasteiger partial charge in [-0.25, -0.2) is 31.5 Å². The van der Waals surface area contributed by atoms with Gasteiger partial charge in [-0.1, -0.05) is 10.8 Å². The summed E-state index contributed by atoms with van der Waals surface area (Å²) in [6, 6.07) is 6.61. The second-order valence-corrected chi connectivity index (χ2v) is 9.79. The van der Waals surface area contributed by atoms with E-state index in [9.17, 15) is 22.0 Å². The number of piperidine rings is 1. The van der Waals surface area contributed by atoms with Crippen LogP contribution in [0.4, 0.5) is 39.3 Å². The van der Waals surface area contributed by atoms with Crippen LogP contribution in [0.2, 0.25) is 0 Å². The Hall–Kier alpha value is -3.15. The van der Waals surface area contributed by atoms with Crippen molar-refractivity contribution in [2.24, 2.45) is 5.11 Å². The lowest BCUT2D eigenvalue weighted by Gasteiger charge is -2.46. The van der Waals surface area contributed by atoms with Crippen molar-refractivity contribution in [3.8, 4) is 11.1 Å². The molecule has 190 valence electrons. The van der Waals surface area contributed by atoms with Gasteiger partial charge in [0.05, 0.1) is 17.3 Å². The van der Waals surface area contributed by atoms with E-state index in [4.69, 9.17) is 0 Å². The van der Waals surface area contributed by atoms with E-state index < -0.39 is 31.1 Å². The molecule has 2 atom stereocenters. The average Bonchev–Trinajstić information content (AvgIpc) is 3.21. The molecule has 0 radical (unpaired) electrons. The number of halogens is 5. The largest absolute Gasteiger partial charge is 0.347 e. The molecule has 36 heavy (non-hydrogen) atoms. The Balaban J connectivity index is 1.18. The highest BCUT2D eigenvalue weighted by molar-refractivity contribution is 5.85. The Bertz CT molecular complexity index is 1350. The molecule has 2 aromatic heterocycles. The topological polar surface area (TPSA) is 60.8 Å². The zero-order valence-electron chi connectivity index (χ0n) is 19.5. The van der Waals surface area contributed by atoms with Crippen LogP contribution in [0.3, 0.4) is 0 Å². The Morgan fingerprint density at radius 2 is 2.03 bits per heavy atom. The molecule has 3 aliphatic rings. The van der Waals surface area contributed by atoms with Gasteiger partial charge in [-0.3, -0.25) is 4.90 Å². The number of anilines is 1. The van der Waals surface area contributed by atoms with Crippen molar-refractivity contribution < 1.29 is 26.6 Å². The maximum atomic E-state index is 14.9. The molecular weight excluding hydrogens is 481 g/mol. The highest BCUT2D eigenvalue weighted by Gasteiger charge is 2.49. The van der Waals surface area contributed by atoms with Crippen molar-refractivity contribution in [2.45, 2.75) is 56.8 Å². The van der Waals surface area contributed by atoms with Gasteiger partial charge in [-0.2, -0.15) is 0 Å². The first-order valence-corrected chi connectivity index (χ1v) is 12.0. The lowest BCUT2D eigenvalue weighted by Crippen LogP contribution is -2.57. The summed E-state index contributed by atoms with van der Waals surface area (Å²) in [6.07, 6.45) is -1.86. The monoisotopic (exact) mass is 506 g/mol. The number of aryl methyl sites for hydroxylation is 1. The summed E-state index contributed by atoms with van der Waals surface area (Å²) in [5, 5.41) is 11.7. The molecule has 1 aromatic carbocycles. The predicted molar refractivity (Wildman–Crippen MR) is 123 cm³/mol. The van der Waals surface area contributed by atoms with Crippen LogP contribution >= 0.6 is 0 Å². The Morgan fingerprint density at radius 1 is 1.22 bits per heavy atom. The third-order valence-electron chi connectivity index (χ3n) is 7.26. The van der Waals surface area contributed by atoms with Crippen LogP contribution in [-0.4, -0.2) is 74.4 Å². The zero-order valence-corrected chi connectivity index (χ0v) is 19.5. The first kappa shape index (κ1) is 23.3. The van der Waals surface area contributed by atoms with E-state index in [1.165, 1.54) is 4.70 Å². The molecule has 7 nitrogen and oxygen atoms in total. The number of aromatic nitrogens is 3. The Labute approximate surface area is 203 Å². The molecule has 1 saturated heterocycles. The molecule has 3 aromatic rings. The minimum Gasteiger partial charge on any atom is -0.347 e. The maximum Gasteiger partial charge on any atom is 0.298 e. The molecule has 4 heterocycles. The number of azo groups is 2. The Morgan fingerprint density at radius 3 is 2.75 bits per heavy atom. The number of fused-ring (bicyclic) bond motifs is 2. The molecule has 2 aliphatic heterocycles. The number of likely N-dealkylation sites (tertiary alicyclic amines) is 1. The lowest BCUT2D eigenvalue weighted by atomic mass is 9.85. The van der Waals surface area contributed by atoms with Gasteiger partial charge in [0, 0.05) is 54.9 Å². The summed E-state index contributed by atoms with van der Waals surface area (Å²) in [6.45, 7) is 2.03. The van der Waals surface area contributed by atoms with E-state index >= 15 is 0 Å². The third kappa shape index (κ3) is 4.10. The van der Waals surface area contributed by atoms with Gasteiger partial charge in [-0.05, 0) is 31.0 Å². The van der Waals surface area contributed by atoms with E-state index in [-0.39, 0.29) is 31.4 Å². The second kappa shape index (κ2) is 8.46. The molecule has 1 N–H and O–H groups in total. The summed E-state index contributed by atoms with van der Waals surface area (Å²) >= 11 is 0. The summed E-state index contributed by atoms with van der Waals surface area (Å²) < 4.78 is 69.8. The van der Waals surface area contributed by atoms with E-state index in [1.54, 1.807) is 16.8 Å².